The summed E-state index contributed by atoms with van der Waals surface area (Å²) in [6.45, 7) is 0.0240. The summed E-state index contributed by atoms with van der Waals surface area (Å²) in [6, 6.07) is 47.2. The van der Waals surface area contributed by atoms with E-state index in [4.69, 9.17) is 24.4 Å². The smallest absolute Gasteiger partial charge is 0.266 e. The summed E-state index contributed by atoms with van der Waals surface area (Å²) in [5.41, 5.74) is 9.30. The van der Waals surface area contributed by atoms with Gasteiger partial charge in [-0.2, -0.15) is 0 Å². The van der Waals surface area contributed by atoms with E-state index in [0.717, 1.165) is 73.1 Å². The lowest BCUT2D eigenvalue weighted by molar-refractivity contribution is 0.464. The van der Waals surface area contributed by atoms with Gasteiger partial charge in [0.15, 0.2) is 17.5 Å². The molecule has 0 atom stereocenters. The summed E-state index contributed by atoms with van der Waals surface area (Å²) in [5.74, 6) is 5.31. The Morgan fingerprint density at radius 3 is 1.39 bits per heavy atom. The minimum atomic E-state index is 0.0240. The van der Waals surface area contributed by atoms with Gasteiger partial charge in [-0.3, -0.25) is 0 Å². The molecule has 0 bridgehead atoms. The van der Waals surface area contributed by atoms with E-state index >= 15 is 0 Å². The minimum absolute atomic E-state index is 0.0240. The molecule has 0 saturated heterocycles. The molecule has 214 valence electrons. The van der Waals surface area contributed by atoms with Crippen LogP contribution in [0, 0.1) is 0 Å². The number of benzene rings is 6. The van der Waals surface area contributed by atoms with Crippen LogP contribution in [-0.2, 0) is 0 Å². The highest BCUT2D eigenvalue weighted by atomic mass is 16.5. The molecule has 0 fully saturated rings. The first-order valence-electron chi connectivity index (χ1n) is 15.3. The van der Waals surface area contributed by atoms with Crippen LogP contribution in [0.3, 0.4) is 0 Å². The van der Waals surface area contributed by atoms with Gasteiger partial charge in [-0.15, -0.1) is 0 Å². The third kappa shape index (κ3) is 3.69. The zero-order valence-electron chi connectivity index (χ0n) is 24.5. The summed E-state index contributed by atoms with van der Waals surface area (Å²) in [4.78, 5) is 17.2. The van der Waals surface area contributed by atoms with E-state index in [-0.39, 0.29) is 6.71 Å². The predicted molar refractivity (Wildman–Crippen MR) is 182 cm³/mol. The van der Waals surface area contributed by atoms with E-state index in [1.165, 1.54) is 0 Å². The standard InChI is InChI=1S/C39H23BN4O2/c1-3-11-24(12-4-1)37-41-38(25-13-5-2-6-14-25)43-39(42-37)26-15-7-16-27(23-26)44-28-17-8-19-30-34(28)40-35-29(44)18-9-20-31(35)46-33-22-10-21-32(45-30)36(33)40/h1-23H. The highest BCUT2D eigenvalue weighted by Gasteiger charge is 2.47. The van der Waals surface area contributed by atoms with Gasteiger partial charge in [-0.25, -0.2) is 15.0 Å². The van der Waals surface area contributed by atoms with Crippen molar-refractivity contribution < 1.29 is 9.47 Å². The maximum absolute atomic E-state index is 6.50. The Balaban J connectivity index is 1.16. The van der Waals surface area contributed by atoms with E-state index in [0.29, 0.717) is 17.5 Å². The van der Waals surface area contributed by atoms with Gasteiger partial charge in [-0.05, 0) is 59.5 Å². The first kappa shape index (κ1) is 25.2. The lowest BCUT2D eigenvalue weighted by atomic mass is 9.33. The molecule has 0 spiro atoms. The molecule has 0 unspecified atom stereocenters. The summed E-state index contributed by atoms with van der Waals surface area (Å²) >= 11 is 0. The van der Waals surface area contributed by atoms with Crippen LogP contribution in [0.25, 0.3) is 34.2 Å². The van der Waals surface area contributed by atoms with Crippen LogP contribution in [0.4, 0.5) is 17.1 Å². The van der Waals surface area contributed by atoms with E-state index < -0.39 is 0 Å². The average Bonchev–Trinajstić information content (AvgIpc) is 3.12. The number of hydrogen-bond donors (Lipinski definition) is 0. The Morgan fingerprint density at radius 2 is 0.848 bits per heavy atom. The van der Waals surface area contributed by atoms with Crippen LogP contribution >= 0.6 is 0 Å². The normalized spacial score (nSPS) is 13.0. The second-order valence-corrected chi connectivity index (χ2v) is 11.6. The van der Waals surface area contributed by atoms with Gasteiger partial charge < -0.3 is 14.4 Å². The molecule has 0 saturated carbocycles. The van der Waals surface area contributed by atoms with Crippen molar-refractivity contribution in [3.05, 3.63) is 140 Å². The van der Waals surface area contributed by atoms with E-state index in [1.807, 2.05) is 78.9 Å². The molecular formula is C39H23BN4O2. The summed E-state index contributed by atoms with van der Waals surface area (Å²) in [5, 5.41) is 0. The fourth-order valence-electron chi connectivity index (χ4n) is 7.00. The molecule has 0 radical (unpaired) electrons. The third-order valence-corrected chi connectivity index (χ3v) is 8.96. The van der Waals surface area contributed by atoms with Crippen molar-refractivity contribution in [2.24, 2.45) is 0 Å². The molecule has 0 amide bonds. The summed E-state index contributed by atoms with van der Waals surface area (Å²) < 4.78 is 13.0. The SMILES string of the molecule is c1ccc(-c2nc(-c3ccccc3)nc(-c3cccc(N4c5cccc6c5B5c7c(cccc7Oc7cccc4c75)O6)c3)n2)cc1. The van der Waals surface area contributed by atoms with Gasteiger partial charge in [0.05, 0.1) is 0 Å². The van der Waals surface area contributed by atoms with Gasteiger partial charge in [-0.1, -0.05) is 91.0 Å². The van der Waals surface area contributed by atoms with Gasteiger partial charge >= 0.3 is 0 Å². The Morgan fingerprint density at radius 1 is 0.413 bits per heavy atom. The van der Waals surface area contributed by atoms with Crippen molar-refractivity contribution >= 4 is 40.2 Å². The minimum Gasteiger partial charge on any atom is -0.458 e. The Hall–Kier alpha value is -6.21. The maximum Gasteiger partial charge on any atom is 0.266 e. The molecule has 7 heteroatoms. The van der Waals surface area contributed by atoms with Crippen LogP contribution in [-0.4, -0.2) is 21.7 Å². The zero-order chi connectivity index (χ0) is 30.2. The number of aromatic nitrogens is 3. The highest BCUT2D eigenvalue weighted by Crippen LogP contribution is 2.45. The highest BCUT2D eigenvalue weighted by molar-refractivity contribution is 7.00. The number of ether oxygens (including phenoxy) is 2. The van der Waals surface area contributed by atoms with Crippen LogP contribution in [0.2, 0.25) is 0 Å². The van der Waals surface area contributed by atoms with Crippen LogP contribution < -0.4 is 30.8 Å². The lowest BCUT2D eigenvalue weighted by Crippen LogP contribution is -2.61. The van der Waals surface area contributed by atoms with E-state index in [1.54, 1.807) is 0 Å². The molecule has 4 heterocycles. The molecule has 10 rings (SSSR count). The maximum atomic E-state index is 6.50. The van der Waals surface area contributed by atoms with Crippen LogP contribution in [0.15, 0.2) is 140 Å². The van der Waals surface area contributed by atoms with Crippen molar-refractivity contribution in [1.82, 2.24) is 15.0 Å². The van der Waals surface area contributed by atoms with Gasteiger partial charge in [0.2, 0.25) is 0 Å². The molecular weight excluding hydrogens is 567 g/mol. The third-order valence-electron chi connectivity index (χ3n) is 8.96. The Kier molecular flexibility index (Phi) is 5.28. The number of nitrogens with zero attached hydrogens (tertiary/aromatic N) is 4. The fraction of sp³-hybridized carbons (Fsp3) is 0. The van der Waals surface area contributed by atoms with Gasteiger partial charge in [0, 0.05) is 39.2 Å². The van der Waals surface area contributed by atoms with Gasteiger partial charge in [0.25, 0.3) is 6.71 Å². The molecule has 7 aromatic rings. The lowest BCUT2D eigenvalue weighted by Gasteiger charge is -2.42. The van der Waals surface area contributed by atoms with Crippen molar-refractivity contribution in [2.45, 2.75) is 0 Å². The number of hydrogen-bond acceptors (Lipinski definition) is 6. The average molecular weight is 590 g/mol. The van der Waals surface area contributed by atoms with Crippen molar-refractivity contribution in [1.29, 1.82) is 0 Å². The van der Waals surface area contributed by atoms with Crippen LogP contribution in [0.1, 0.15) is 0 Å². The molecule has 0 aliphatic carbocycles. The molecule has 46 heavy (non-hydrogen) atoms. The molecule has 3 aliphatic heterocycles. The summed E-state index contributed by atoms with van der Waals surface area (Å²) in [6.07, 6.45) is 0. The fourth-order valence-corrected chi connectivity index (χ4v) is 7.00. The monoisotopic (exact) mass is 590 g/mol. The Labute approximate surface area is 265 Å². The molecule has 1 aromatic heterocycles. The molecule has 0 N–H and O–H groups in total. The zero-order valence-corrected chi connectivity index (χ0v) is 24.5. The summed E-state index contributed by atoms with van der Waals surface area (Å²) in [7, 11) is 0. The first-order valence-corrected chi connectivity index (χ1v) is 15.3. The number of rotatable bonds is 4. The van der Waals surface area contributed by atoms with E-state index in [2.05, 4.69) is 65.6 Å². The molecule has 6 aromatic carbocycles. The van der Waals surface area contributed by atoms with Crippen molar-refractivity contribution in [3.8, 4) is 57.2 Å². The second-order valence-electron chi connectivity index (χ2n) is 11.6. The van der Waals surface area contributed by atoms with Gasteiger partial charge in [0.1, 0.15) is 23.0 Å². The topological polar surface area (TPSA) is 60.4 Å². The largest absolute Gasteiger partial charge is 0.458 e. The molecule has 3 aliphatic rings. The quantitative estimate of drug-likeness (QED) is 0.199. The second kappa shape index (κ2) is 9.65. The van der Waals surface area contributed by atoms with E-state index in [9.17, 15) is 0 Å². The van der Waals surface area contributed by atoms with Crippen LogP contribution in [0.5, 0.6) is 23.0 Å². The molecule has 6 nitrogen and oxygen atoms in total. The Bertz CT molecular complexity index is 2210. The van der Waals surface area contributed by atoms with Crippen molar-refractivity contribution in [2.75, 3.05) is 4.90 Å². The first-order chi connectivity index (χ1) is 22.8. The van der Waals surface area contributed by atoms with Crippen molar-refractivity contribution in [3.63, 3.8) is 0 Å². The number of anilines is 3. The predicted octanol–water partition coefficient (Wildman–Crippen LogP) is 7.38.